The molecule has 0 bridgehead atoms. The van der Waals surface area contributed by atoms with E-state index in [0.29, 0.717) is 18.2 Å². The summed E-state index contributed by atoms with van der Waals surface area (Å²) in [6, 6.07) is 1.57. The van der Waals surface area contributed by atoms with Crippen molar-refractivity contribution in [3.8, 4) is 0 Å². The zero-order valence-electron chi connectivity index (χ0n) is 10.3. The van der Waals surface area contributed by atoms with E-state index in [2.05, 4.69) is 9.24 Å². The van der Waals surface area contributed by atoms with Crippen LogP contribution in [0.1, 0.15) is 27.9 Å². The zero-order chi connectivity index (χ0) is 14.8. The summed E-state index contributed by atoms with van der Waals surface area (Å²) in [5.74, 6) is -1.20. The molecule has 0 heterocycles. The Labute approximate surface area is 125 Å². The Bertz CT molecular complexity index is 451. The number of halogens is 6. The SMILES string of the molecule is O=C(CC[PH-])c1c(C(F)(F)F)cccc1C(F)(F)F.[Li+]. The third-order valence-electron chi connectivity index (χ3n) is 2.31. The molecule has 0 saturated carbocycles. The molecule has 0 fully saturated rings. The number of hydrogen-bond donors (Lipinski definition) is 0. The Hall–Kier alpha value is -0.503. The average Bonchev–Trinajstić information content (AvgIpc) is 2.26. The second-order valence-electron chi connectivity index (χ2n) is 3.65. The minimum atomic E-state index is -5.02. The van der Waals surface area contributed by atoms with Gasteiger partial charge in [-0.05, 0) is 18.6 Å². The Morgan fingerprint density at radius 1 is 1.00 bits per heavy atom. The number of alkyl halides is 6. The van der Waals surface area contributed by atoms with E-state index in [1.54, 1.807) is 0 Å². The number of benzene rings is 1. The third-order valence-corrected chi connectivity index (χ3v) is 2.56. The van der Waals surface area contributed by atoms with E-state index in [1.807, 2.05) is 0 Å². The van der Waals surface area contributed by atoms with Crippen molar-refractivity contribution in [3.05, 3.63) is 34.9 Å². The maximum atomic E-state index is 12.7. The summed E-state index contributed by atoms with van der Waals surface area (Å²) in [5, 5.41) is 0. The standard InChI is InChI=1S/C11H8F6OP.Li/c12-10(13,14)6-2-1-3-7(11(15,16)17)9(6)8(18)4-5-19;/h1-3,19H,4-5H2;/q-1;+1. The molecule has 0 saturated heterocycles. The van der Waals surface area contributed by atoms with Crippen molar-refractivity contribution >= 4 is 15.0 Å². The summed E-state index contributed by atoms with van der Waals surface area (Å²) in [5.41, 5.74) is -4.44. The third kappa shape index (κ3) is 4.51. The molecule has 0 aromatic heterocycles. The van der Waals surface area contributed by atoms with Crippen molar-refractivity contribution in [2.75, 3.05) is 6.16 Å². The summed E-state index contributed by atoms with van der Waals surface area (Å²) in [4.78, 5) is 11.5. The molecule has 0 aliphatic heterocycles. The van der Waals surface area contributed by atoms with Gasteiger partial charge in [0, 0.05) is 5.56 Å². The van der Waals surface area contributed by atoms with Gasteiger partial charge in [-0.3, -0.25) is 4.79 Å². The van der Waals surface area contributed by atoms with Crippen LogP contribution < -0.4 is 18.9 Å². The summed E-state index contributed by atoms with van der Waals surface area (Å²) < 4.78 is 76.1. The first kappa shape index (κ1) is 19.5. The molecule has 1 aromatic rings. The number of rotatable bonds is 3. The maximum absolute atomic E-state index is 12.7. The van der Waals surface area contributed by atoms with Gasteiger partial charge < -0.3 is 9.24 Å². The van der Waals surface area contributed by atoms with Crippen LogP contribution in [-0.4, -0.2) is 11.9 Å². The predicted octanol–water partition coefficient (Wildman–Crippen LogP) is 1.44. The number of Topliss-reactive ketones (excluding diaryl/α,β-unsaturated/α-hetero) is 1. The quantitative estimate of drug-likeness (QED) is 0.357. The molecule has 0 aliphatic rings. The fourth-order valence-corrected chi connectivity index (χ4v) is 1.79. The molecule has 0 aliphatic carbocycles. The first-order valence-electron chi connectivity index (χ1n) is 5.04. The largest absolute Gasteiger partial charge is 1.00 e. The monoisotopic (exact) mass is 308 g/mol. The van der Waals surface area contributed by atoms with Crippen molar-refractivity contribution in [1.29, 1.82) is 0 Å². The molecule has 1 aromatic carbocycles. The number of carbonyl (C=O) groups is 1. The Morgan fingerprint density at radius 3 is 1.70 bits per heavy atom. The van der Waals surface area contributed by atoms with E-state index < -0.39 is 41.2 Å². The molecule has 0 amide bonds. The van der Waals surface area contributed by atoms with Gasteiger partial charge in [-0.15, -0.1) is 0 Å². The molecular formula is C11H8F6LiOP. The van der Waals surface area contributed by atoms with Gasteiger partial charge >= 0.3 is 31.2 Å². The topological polar surface area (TPSA) is 17.1 Å². The zero-order valence-corrected chi connectivity index (χ0v) is 11.3. The number of hydrogen-bond acceptors (Lipinski definition) is 1. The molecule has 20 heavy (non-hydrogen) atoms. The molecular weight excluding hydrogens is 300 g/mol. The molecule has 0 spiro atoms. The fourth-order valence-electron chi connectivity index (χ4n) is 1.56. The van der Waals surface area contributed by atoms with Gasteiger partial charge in [0.05, 0.1) is 11.1 Å². The van der Waals surface area contributed by atoms with Gasteiger partial charge in [-0.2, -0.15) is 32.5 Å². The first-order chi connectivity index (χ1) is 8.59. The Morgan fingerprint density at radius 2 is 1.40 bits per heavy atom. The second kappa shape index (κ2) is 6.97. The molecule has 9 heteroatoms. The van der Waals surface area contributed by atoms with Gasteiger partial charge in [0.1, 0.15) is 0 Å². The van der Waals surface area contributed by atoms with E-state index in [0.717, 1.165) is 0 Å². The van der Waals surface area contributed by atoms with Gasteiger partial charge in [-0.1, -0.05) is 6.07 Å². The second-order valence-corrected chi connectivity index (χ2v) is 4.15. The van der Waals surface area contributed by atoms with Crippen LogP contribution in [0.2, 0.25) is 0 Å². The normalized spacial score (nSPS) is 11.9. The molecule has 106 valence electrons. The Balaban J connectivity index is 0.00000361. The summed E-state index contributed by atoms with van der Waals surface area (Å²) >= 11 is 0. The van der Waals surface area contributed by atoms with E-state index in [9.17, 15) is 31.1 Å². The van der Waals surface area contributed by atoms with Crippen LogP contribution in [0.25, 0.3) is 0 Å². The molecule has 0 unspecified atom stereocenters. The predicted molar refractivity (Wildman–Crippen MR) is 58.6 cm³/mol. The minimum Gasteiger partial charge on any atom is -0.558 e. The van der Waals surface area contributed by atoms with Crippen molar-refractivity contribution in [3.63, 3.8) is 0 Å². The van der Waals surface area contributed by atoms with Gasteiger partial charge in [-0.25, -0.2) is 0 Å². The van der Waals surface area contributed by atoms with Crippen LogP contribution in [0.4, 0.5) is 26.3 Å². The van der Waals surface area contributed by atoms with Crippen molar-refractivity contribution in [2.45, 2.75) is 18.8 Å². The molecule has 0 atom stereocenters. The first-order valence-corrected chi connectivity index (χ1v) is 5.75. The maximum Gasteiger partial charge on any atom is 1.00 e. The van der Waals surface area contributed by atoms with Crippen LogP contribution in [0.3, 0.4) is 0 Å². The molecule has 0 N–H and O–H groups in total. The molecule has 0 radical (unpaired) electrons. The number of carbonyl (C=O) groups excluding carboxylic acids is 1. The Kier molecular flexibility index (Phi) is 6.80. The van der Waals surface area contributed by atoms with Crippen LogP contribution >= 0.6 is 9.24 Å². The van der Waals surface area contributed by atoms with Gasteiger partial charge in [0.25, 0.3) is 0 Å². The van der Waals surface area contributed by atoms with E-state index in [1.165, 1.54) is 0 Å². The van der Waals surface area contributed by atoms with E-state index in [-0.39, 0.29) is 25.0 Å². The number of ketones is 1. The van der Waals surface area contributed by atoms with E-state index >= 15 is 0 Å². The minimum absolute atomic E-state index is 0. The van der Waals surface area contributed by atoms with Crippen LogP contribution in [0, 0.1) is 0 Å². The van der Waals surface area contributed by atoms with E-state index in [4.69, 9.17) is 0 Å². The van der Waals surface area contributed by atoms with Gasteiger partial charge in [0.2, 0.25) is 0 Å². The van der Waals surface area contributed by atoms with Crippen LogP contribution in [0.15, 0.2) is 18.2 Å². The smallest absolute Gasteiger partial charge is 0.558 e. The fraction of sp³-hybridized carbons (Fsp3) is 0.364. The average molecular weight is 308 g/mol. The van der Waals surface area contributed by atoms with Crippen molar-refractivity contribution in [1.82, 2.24) is 0 Å². The van der Waals surface area contributed by atoms with Gasteiger partial charge in [0.15, 0.2) is 5.78 Å². The van der Waals surface area contributed by atoms with Crippen molar-refractivity contribution < 1.29 is 50.0 Å². The summed E-state index contributed by atoms with van der Waals surface area (Å²) in [6.07, 6.45) is -10.5. The summed E-state index contributed by atoms with van der Waals surface area (Å²) in [6.45, 7) is 0. The molecule has 1 rings (SSSR count). The van der Waals surface area contributed by atoms with Crippen LogP contribution in [-0.2, 0) is 12.4 Å². The molecule has 1 nitrogen and oxygen atoms in total. The van der Waals surface area contributed by atoms with Crippen LogP contribution in [0.5, 0.6) is 0 Å². The summed E-state index contributed by atoms with van der Waals surface area (Å²) in [7, 11) is 2.86. The van der Waals surface area contributed by atoms with Crippen molar-refractivity contribution in [2.24, 2.45) is 0 Å².